The molecule has 8 heteroatoms. The number of carbonyl (C=O) groups is 1. The van der Waals surface area contributed by atoms with E-state index in [9.17, 15) is 18.0 Å². The number of aromatic nitrogens is 2. The molecule has 0 bridgehead atoms. The topological polar surface area (TPSA) is 66.9 Å². The fraction of sp³-hybridized carbons (Fsp3) is 0.292. The molecule has 2 atom stereocenters. The number of pyridine rings is 2. The van der Waals surface area contributed by atoms with Crippen LogP contribution in [0, 0.1) is 6.92 Å². The summed E-state index contributed by atoms with van der Waals surface area (Å²) >= 11 is 0. The zero-order valence-corrected chi connectivity index (χ0v) is 17.9. The average molecular weight is 442 g/mol. The van der Waals surface area contributed by atoms with Crippen LogP contribution in [0.5, 0.6) is 0 Å². The van der Waals surface area contributed by atoms with Gasteiger partial charge in [-0.1, -0.05) is 42.5 Å². The van der Waals surface area contributed by atoms with E-state index in [4.69, 9.17) is 0 Å². The maximum Gasteiger partial charge on any atom is 0.433 e. The number of alkyl halides is 3. The first kappa shape index (κ1) is 23.4. The van der Waals surface area contributed by atoms with Crippen molar-refractivity contribution in [3.8, 4) is 0 Å². The number of halogens is 3. The van der Waals surface area contributed by atoms with E-state index in [1.165, 1.54) is 12.3 Å². The quantitative estimate of drug-likeness (QED) is 0.543. The van der Waals surface area contributed by atoms with Gasteiger partial charge in [-0.3, -0.25) is 14.8 Å². The third-order valence-electron chi connectivity index (χ3n) is 5.17. The Kier molecular flexibility index (Phi) is 7.58. The highest BCUT2D eigenvalue weighted by Gasteiger charge is 2.32. The van der Waals surface area contributed by atoms with Crippen molar-refractivity contribution in [3.63, 3.8) is 0 Å². The van der Waals surface area contributed by atoms with E-state index < -0.39 is 17.9 Å². The monoisotopic (exact) mass is 442 g/mol. The summed E-state index contributed by atoms with van der Waals surface area (Å²) in [5.74, 6) is -0.448. The summed E-state index contributed by atoms with van der Waals surface area (Å²) in [6, 6.07) is 16.8. The first-order valence-electron chi connectivity index (χ1n) is 10.3. The standard InChI is InChI=1S/C24H25F3N4O/c1-16-7-6-10-20(31-16)19(18-11-12-21(30-15-18)24(25,26)27)13-14-29-22(23(32)28-2)17-8-4-3-5-9-17/h3-12,15,19,22,29H,13-14H2,1-2H3,(H,28,32)/t19-,22+/m0/s1. The van der Waals surface area contributed by atoms with Crippen molar-refractivity contribution < 1.29 is 18.0 Å². The van der Waals surface area contributed by atoms with Crippen LogP contribution in [-0.2, 0) is 11.0 Å². The highest BCUT2D eigenvalue weighted by molar-refractivity contribution is 5.82. The second-order valence-corrected chi connectivity index (χ2v) is 7.43. The molecule has 168 valence electrons. The van der Waals surface area contributed by atoms with E-state index in [-0.39, 0.29) is 11.8 Å². The number of benzene rings is 1. The molecule has 2 heterocycles. The van der Waals surface area contributed by atoms with Crippen molar-refractivity contribution in [3.05, 3.63) is 95.1 Å². The largest absolute Gasteiger partial charge is 0.433 e. The minimum absolute atomic E-state index is 0.169. The van der Waals surface area contributed by atoms with E-state index in [0.29, 0.717) is 18.5 Å². The number of hydrogen-bond donors (Lipinski definition) is 2. The third-order valence-corrected chi connectivity index (χ3v) is 5.17. The Morgan fingerprint density at radius 1 is 1.00 bits per heavy atom. The number of likely N-dealkylation sites (N-methyl/N-ethyl adjacent to an activating group) is 1. The van der Waals surface area contributed by atoms with Crippen LogP contribution in [-0.4, -0.2) is 29.5 Å². The van der Waals surface area contributed by atoms with Gasteiger partial charge in [-0.25, -0.2) is 0 Å². The zero-order chi connectivity index (χ0) is 23.1. The molecule has 0 saturated carbocycles. The molecule has 3 aromatic rings. The third kappa shape index (κ3) is 5.91. The van der Waals surface area contributed by atoms with Crippen LogP contribution < -0.4 is 10.6 Å². The van der Waals surface area contributed by atoms with Crippen molar-refractivity contribution in [2.45, 2.75) is 31.5 Å². The van der Waals surface area contributed by atoms with Crippen molar-refractivity contribution >= 4 is 5.91 Å². The smallest absolute Gasteiger partial charge is 0.358 e. The molecule has 1 amide bonds. The number of nitrogens with one attached hydrogen (secondary N) is 2. The van der Waals surface area contributed by atoms with Gasteiger partial charge in [0.05, 0.1) is 0 Å². The predicted octanol–water partition coefficient (Wildman–Crippen LogP) is 4.40. The summed E-state index contributed by atoms with van der Waals surface area (Å²) in [5, 5.41) is 5.93. The number of rotatable bonds is 8. The lowest BCUT2D eigenvalue weighted by Crippen LogP contribution is -2.36. The molecule has 0 aliphatic rings. The van der Waals surface area contributed by atoms with Gasteiger partial charge in [0.2, 0.25) is 5.91 Å². The van der Waals surface area contributed by atoms with Crippen LogP contribution in [0.4, 0.5) is 13.2 Å². The Hall–Kier alpha value is -3.26. The minimum atomic E-state index is -4.49. The van der Waals surface area contributed by atoms with Gasteiger partial charge in [0, 0.05) is 30.6 Å². The molecule has 0 saturated heterocycles. The Morgan fingerprint density at radius 3 is 2.34 bits per heavy atom. The second kappa shape index (κ2) is 10.4. The predicted molar refractivity (Wildman–Crippen MR) is 116 cm³/mol. The van der Waals surface area contributed by atoms with Gasteiger partial charge < -0.3 is 10.6 Å². The zero-order valence-electron chi connectivity index (χ0n) is 17.9. The first-order chi connectivity index (χ1) is 15.3. The first-order valence-corrected chi connectivity index (χ1v) is 10.3. The van der Waals surface area contributed by atoms with Crippen molar-refractivity contribution in [1.82, 2.24) is 20.6 Å². The van der Waals surface area contributed by atoms with E-state index >= 15 is 0 Å². The van der Waals surface area contributed by atoms with Gasteiger partial charge in [-0.05, 0) is 49.2 Å². The lowest BCUT2D eigenvalue weighted by Gasteiger charge is -2.21. The summed E-state index contributed by atoms with van der Waals surface area (Å²) in [6.45, 7) is 2.30. The molecule has 5 nitrogen and oxygen atoms in total. The van der Waals surface area contributed by atoms with Crippen LogP contribution in [0.3, 0.4) is 0 Å². The summed E-state index contributed by atoms with van der Waals surface area (Å²) < 4.78 is 38.8. The molecule has 32 heavy (non-hydrogen) atoms. The molecule has 0 fully saturated rings. The van der Waals surface area contributed by atoms with Gasteiger partial charge >= 0.3 is 6.18 Å². The summed E-state index contributed by atoms with van der Waals surface area (Å²) in [4.78, 5) is 20.6. The summed E-state index contributed by atoms with van der Waals surface area (Å²) in [7, 11) is 1.58. The number of aryl methyl sites for hydroxylation is 1. The van der Waals surface area contributed by atoms with Gasteiger partial charge in [-0.2, -0.15) is 13.2 Å². The number of carbonyl (C=O) groups excluding carboxylic acids is 1. The van der Waals surface area contributed by atoms with Gasteiger partial charge in [0.25, 0.3) is 0 Å². The molecule has 0 aliphatic heterocycles. The highest BCUT2D eigenvalue weighted by Crippen LogP contribution is 2.31. The van der Waals surface area contributed by atoms with E-state index in [2.05, 4.69) is 20.6 Å². The number of amides is 1. The van der Waals surface area contributed by atoms with Crippen LogP contribution in [0.1, 0.15) is 46.6 Å². The molecule has 1 aromatic carbocycles. The lowest BCUT2D eigenvalue weighted by molar-refractivity contribution is -0.141. The minimum Gasteiger partial charge on any atom is -0.358 e. The van der Waals surface area contributed by atoms with Crippen LogP contribution in [0.25, 0.3) is 0 Å². The fourth-order valence-corrected chi connectivity index (χ4v) is 3.55. The molecule has 3 rings (SSSR count). The Balaban J connectivity index is 1.82. The maximum absolute atomic E-state index is 12.9. The van der Waals surface area contributed by atoms with Crippen molar-refractivity contribution in [2.75, 3.05) is 13.6 Å². The van der Waals surface area contributed by atoms with Gasteiger partial charge in [-0.15, -0.1) is 0 Å². The summed E-state index contributed by atoms with van der Waals surface area (Å²) in [5.41, 5.74) is 2.08. The van der Waals surface area contributed by atoms with Crippen LogP contribution in [0.2, 0.25) is 0 Å². The normalized spacial score (nSPS) is 13.4. The fourth-order valence-electron chi connectivity index (χ4n) is 3.55. The highest BCUT2D eigenvalue weighted by atomic mass is 19.4. The van der Waals surface area contributed by atoms with E-state index in [1.54, 1.807) is 7.05 Å². The maximum atomic E-state index is 12.9. The second-order valence-electron chi connectivity index (χ2n) is 7.43. The molecule has 2 aromatic heterocycles. The Labute approximate surface area is 185 Å². The van der Waals surface area contributed by atoms with Gasteiger partial charge in [0.15, 0.2) is 0 Å². The molecular formula is C24H25F3N4O. The number of hydrogen-bond acceptors (Lipinski definition) is 4. The number of nitrogens with zero attached hydrogens (tertiary/aromatic N) is 2. The molecular weight excluding hydrogens is 417 g/mol. The van der Waals surface area contributed by atoms with Crippen molar-refractivity contribution in [2.24, 2.45) is 0 Å². The van der Waals surface area contributed by atoms with Crippen LogP contribution in [0.15, 0.2) is 66.9 Å². The molecule has 2 N–H and O–H groups in total. The summed E-state index contributed by atoms with van der Waals surface area (Å²) in [6.07, 6.45) is -2.72. The average Bonchev–Trinajstić information content (AvgIpc) is 2.79. The van der Waals surface area contributed by atoms with Crippen molar-refractivity contribution in [1.29, 1.82) is 0 Å². The van der Waals surface area contributed by atoms with Crippen LogP contribution >= 0.6 is 0 Å². The molecule has 0 unspecified atom stereocenters. The SMILES string of the molecule is CNC(=O)[C@H](NCC[C@@H](c1ccc(C(F)(F)F)nc1)c1cccc(C)n1)c1ccccc1. The molecule has 0 spiro atoms. The van der Waals surface area contributed by atoms with E-state index in [0.717, 1.165) is 23.0 Å². The Bertz CT molecular complexity index is 1020. The van der Waals surface area contributed by atoms with E-state index in [1.807, 2.05) is 55.5 Å². The molecule has 0 aliphatic carbocycles. The molecule has 0 radical (unpaired) electrons. The van der Waals surface area contributed by atoms with Gasteiger partial charge in [0.1, 0.15) is 11.7 Å². The lowest BCUT2D eigenvalue weighted by atomic mass is 9.92. The Morgan fingerprint density at radius 2 is 1.75 bits per heavy atom.